The van der Waals surface area contributed by atoms with Gasteiger partial charge in [-0.3, -0.25) is 0 Å². The molecule has 0 atom stereocenters. The summed E-state index contributed by atoms with van der Waals surface area (Å²) in [5.41, 5.74) is 0.886. The van der Waals surface area contributed by atoms with Gasteiger partial charge in [0.15, 0.2) is 0 Å². The second kappa shape index (κ2) is 4.55. The van der Waals surface area contributed by atoms with Crippen LogP contribution in [0.3, 0.4) is 0 Å². The number of ether oxygens (including phenoxy) is 1. The highest BCUT2D eigenvalue weighted by molar-refractivity contribution is 6.30. The van der Waals surface area contributed by atoms with Gasteiger partial charge in [-0.05, 0) is 37.5 Å². The number of rotatable bonds is 3. The zero-order valence-electron chi connectivity index (χ0n) is 8.37. The van der Waals surface area contributed by atoms with Crippen molar-refractivity contribution < 1.29 is 4.74 Å². The van der Waals surface area contributed by atoms with Gasteiger partial charge in [0.25, 0.3) is 0 Å². The highest BCUT2D eigenvalue weighted by Gasteiger charge is 2.20. The molecule has 0 spiro atoms. The quantitative estimate of drug-likeness (QED) is 0.784. The Morgan fingerprint density at radius 2 is 2.27 bits per heavy atom. The summed E-state index contributed by atoms with van der Waals surface area (Å²) in [5.74, 6) is 0.811. The topological polar surface area (TPSA) is 33.0 Å². The maximum absolute atomic E-state index is 8.69. The third kappa shape index (κ3) is 2.43. The van der Waals surface area contributed by atoms with Crippen LogP contribution in [0.15, 0.2) is 18.2 Å². The molecule has 0 aromatic heterocycles. The highest BCUT2D eigenvalue weighted by atomic mass is 35.5. The molecule has 0 bridgehead atoms. The van der Waals surface area contributed by atoms with Gasteiger partial charge in [0.05, 0.1) is 18.6 Å². The number of nitriles is 1. The van der Waals surface area contributed by atoms with Gasteiger partial charge in [-0.1, -0.05) is 11.6 Å². The summed E-state index contributed by atoms with van der Waals surface area (Å²) in [6.07, 6.45) is 4.17. The van der Waals surface area contributed by atoms with Gasteiger partial charge in [-0.15, -0.1) is 0 Å². The van der Waals surface area contributed by atoms with Crippen LogP contribution in [-0.4, -0.2) is 6.10 Å². The van der Waals surface area contributed by atoms with Crippen molar-refractivity contribution in [3.8, 4) is 11.8 Å². The Labute approximate surface area is 94.4 Å². The molecule has 78 valence electrons. The van der Waals surface area contributed by atoms with E-state index in [1.807, 2.05) is 6.07 Å². The molecule has 0 N–H and O–H groups in total. The molecule has 1 aliphatic carbocycles. The van der Waals surface area contributed by atoms with Gasteiger partial charge in [0.1, 0.15) is 5.75 Å². The van der Waals surface area contributed by atoms with Crippen LogP contribution in [0.25, 0.3) is 0 Å². The van der Waals surface area contributed by atoms with E-state index in [1.165, 1.54) is 6.42 Å². The maximum Gasteiger partial charge on any atom is 0.124 e. The van der Waals surface area contributed by atoms with Crippen LogP contribution in [-0.2, 0) is 6.42 Å². The van der Waals surface area contributed by atoms with Gasteiger partial charge in [0.2, 0.25) is 0 Å². The fourth-order valence-corrected chi connectivity index (χ4v) is 1.75. The second-order valence-corrected chi connectivity index (χ2v) is 4.19. The molecular formula is C12H12ClNO. The first kappa shape index (κ1) is 10.3. The number of halogens is 1. The van der Waals surface area contributed by atoms with E-state index >= 15 is 0 Å². The van der Waals surface area contributed by atoms with Crippen molar-refractivity contribution in [3.63, 3.8) is 0 Å². The lowest BCUT2D eigenvalue weighted by Gasteiger charge is -2.27. The zero-order chi connectivity index (χ0) is 10.7. The molecule has 0 unspecified atom stereocenters. The number of hydrogen-bond donors (Lipinski definition) is 0. The molecule has 0 radical (unpaired) electrons. The molecular weight excluding hydrogens is 210 g/mol. The Morgan fingerprint density at radius 1 is 1.47 bits per heavy atom. The van der Waals surface area contributed by atoms with Crippen LogP contribution < -0.4 is 4.74 Å². The molecule has 1 fully saturated rings. The first-order valence-corrected chi connectivity index (χ1v) is 5.49. The van der Waals surface area contributed by atoms with Gasteiger partial charge >= 0.3 is 0 Å². The molecule has 1 aromatic carbocycles. The molecule has 1 aromatic rings. The van der Waals surface area contributed by atoms with E-state index in [-0.39, 0.29) is 0 Å². The van der Waals surface area contributed by atoms with Crippen molar-refractivity contribution in [1.29, 1.82) is 5.26 Å². The molecule has 1 aliphatic rings. The molecule has 0 heterocycles. The smallest absolute Gasteiger partial charge is 0.124 e. The number of hydrogen-bond acceptors (Lipinski definition) is 2. The van der Waals surface area contributed by atoms with Crippen molar-refractivity contribution in [1.82, 2.24) is 0 Å². The summed E-state index contributed by atoms with van der Waals surface area (Å²) < 4.78 is 5.78. The van der Waals surface area contributed by atoms with Crippen molar-refractivity contribution in [3.05, 3.63) is 28.8 Å². The lowest BCUT2D eigenvalue weighted by molar-refractivity contribution is 0.119. The molecule has 3 heteroatoms. The Balaban J connectivity index is 2.16. The van der Waals surface area contributed by atoms with Gasteiger partial charge in [0, 0.05) is 10.6 Å². The number of nitrogens with zero attached hydrogens (tertiary/aromatic N) is 1. The van der Waals surface area contributed by atoms with Gasteiger partial charge in [-0.25, -0.2) is 0 Å². The predicted molar refractivity (Wildman–Crippen MR) is 59.0 cm³/mol. The normalized spacial score (nSPS) is 15.5. The van der Waals surface area contributed by atoms with Crippen LogP contribution in [0, 0.1) is 11.3 Å². The SMILES string of the molecule is N#CCc1cc(Cl)ccc1OC1CCC1. The van der Waals surface area contributed by atoms with E-state index in [0.29, 0.717) is 17.5 Å². The Hall–Kier alpha value is -1.20. The fourth-order valence-electron chi connectivity index (χ4n) is 1.55. The third-order valence-electron chi connectivity index (χ3n) is 2.64. The van der Waals surface area contributed by atoms with E-state index in [0.717, 1.165) is 24.2 Å². The van der Waals surface area contributed by atoms with E-state index in [1.54, 1.807) is 12.1 Å². The van der Waals surface area contributed by atoms with Crippen molar-refractivity contribution in [2.24, 2.45) is 0 Å². The summed E-state index contributed by atoms with van der Waals surface area (Å²) in [7, 11) is 0. The minimum atomic E-state index is 0.337. The summed E-state index contributed by atoms with van der Waals surface area (Å²) in [6, 6.07) is 7.58. The van der Waals surface area contributed by atoms with Crippen LogP contribution in [0.2, 0.25) is 5.02 Å². The highest BCUT2D eigenvalue weighted by Crippen LogP contribution is 2.29. The molecule has 2 rings (SSSR count). The monoisotopic (exact) mass is 221 g/mol. The van der Waals surface area contributed by atoms with E-state index < -0.39 is 0 Å². The Kier molecular flexibility index (Phi) is 3.13. The fraction of sp³-hybridized carbons (Fsp3) is 0.417. The summed E-state index contributed by atoms with van der Waals surface area (Å²) in [5, 5.41) is 9.35. The maximum atomic E-state index is 8.69. The first-order chi connectivity index (χ1) is 7.29. The van der Waals surface area contributed by atoms with Crippen LogP contribution >= 0.6 is 11.6 Å². The number of benzene rings is 1. The standard InChI is InChI=1S/C12H12ClNO/c13-10-4-5-12(9(8-10)6-7-14)15-11-2-1-3-11/h4-5,8,11H,1-3,6H2. The molecule has 0 saturated heterocycles. The largest absolute Gasteiger partial charge is 0.490 e. The summed E-state index contributed by atoms with van der Waals surface area (Å²) >= 11 is 5.87. The molecule has 1 saturated carbocycles. The average molecular weight is 222 g/mol. The zero-order valence-corrected chi connectivity index (χ0v) is 9.13. The second-order valence-electron chi connectivity index (χ2n) is 3.76. The van der Waals surface area contributed by atoms with Crippen molar-refractivity contribution >= 4 is 11.6 Å². The molecule has 0 aliphatic heterocycles. The first-order valence-electron chi connectivity index (χ1n) is 5.11. The minimum absolute atomic E-state index is 0.337. The minimum Gasteiger partial charge on any atom is -0.490 e. The molecule has 15 heavy (non-hydrogen) atoms. The summed E-state index contributed by atoms with van der Waals surface area (Å²) in [6.45, 7) is 0. The lowest BCUT2D eigenvalue weighted by atomic mass is 9.96. The van der Waals surface area contributed by atoms with E-state index in [4.69, 9.17) is 21.6 Å². The van der Waals surface area contributed by atoms with Crippen LogP contribution in [0.1, 0.15) is 24.8 Å². The predicted octanol–water partition coefficient (Wildman–Crippen LogP) is 3.34. The average Bonchev–Trinajstić information content (AvgIpc) is 2.14. The lowest BCUT2D eigenvalue weighted by Crippen LogP contribution is -2.25. The molecule has 2 nitrogen and oxygen atoms in total. The Bertz CT molecular complexity index is 393. The van der Waals surface area contributed by atoms with Gasteiger partial charge < -0.3 is 4.74 Å². The van der Waals surface area contributed by atoms with Crippen LogP contribution in [0.5, 0.6) is 5.75 Å². The Morgan fingerprint density at radius 3 is 2.87 bits per heavy atom. The summed E-state index contributed by atoms with van der Waals surface area (Å²) in [4.78, 5) is 0. The van der Waals surface area contributed by atoms with Gasteiger partial charge in [-0.2, -0.15) is 5.26 Å². The van der Waals surface area contributed by atoms with Crippen molar-refractivity contribution in [2.75, 3.05) is 0 Å². The third-order valence-corrected chi connectivity index (χ3v) is 2.87. The van der Waals surface area contributed by atoms with E-state index in [9.17, 15) is 0 Å². The van der Waals surface area contributed by atoms with Crippen LogP contribution in [0.4, 0.5) is 0 Å². The molecule has 0 amide bonds. The van der Waals surface area contributed by atoms with Crippen molar-refractivity contribution in [2.45, 2.75) is 31.8 Å². The van der Waals surface area contributed by atoms with E-state index in [2.05, 4.69) is 6.07 Å².